The number of likely N-dealkylation sites (N-methyl/N-ethyl adjacent to an activating group) is 1. The molecule has 0 spiro atoms. The van der Waals surface area contributed by atoms with E-state index in [2.05, 4.69) is 68.4 Å². The van der Waals surface area contributed by atoms with Crippen LogP contribution >= 0.6 is 0 Å². The van der Waals surface area contributed by atoms with Crippen molar-refractivity contribution in [2.75, 3.05) is 20.1 Å². The Labute approximate surface area is 106 Å². The van der Waals surface area contributed by atoms with Crippen LogP contribution in [0.1, 0.15) is 38.8 Å². The van der Waals surface area contributed by atoms with Gasteiger partial charge in [0, 0.05) is 18.6 Å². The number of hydrogen-bond donors (Lipinski definition) is 1. The summed E-state index contributed by atoms with van der Waals surface area (Å²) in [6.45, 7) is 8.82. The summed E-state index contributed by atoms with van der Waals surface area (Å²) in [5, 5.41) is 3.63. The van der Waals surface area contributed by atoms with Gasteiger partial charge in [0.05, 0.1) is 0 Å². The molecule has 2 nitrogen and oxygen atoms in total. The maximum Gasteiger partial charge on any atom is 0.0449 e. The van der Waals surface area contributed by atoms with Crippen LogP contribution in [-0.2, 0) is 0 Å². The van der Waals surface area contributed by atoms with Gasteiger partial charge in [-0.1, -0.05) is 37.3 Å². The molecular weight excluding hydrogens is 208 g/mol. The van der Waals surface area contributed by atoms with E-state index in [1.807, 2.05) is 0 Å². The van der Waals surface area contributed by atoms with E-state index in [0.29, 0.717) is 12.1 Å². The fraction of sp³-hybridized carbons (Fsp3) is 0.600. The number of benzene rings is 1. The summed E-state index contributed by atoms with van der Waals surface area (Å²) >= 11 is 0. The van der Waals surface area contributed by atoms with Crippen molar-refractivity contribution < 1.29 is 0 Å². The van der Waals surface area contributed by atoms with E-state index in [1.54, 1.807) is 0 Å². The molecule has 0 aliphatic rings. The van der Waals surface area contributed by atoms with Gasteiger partial charge in [-0.3, -0.25) is 0 Å². The highest BCUT2D eigenvalue weighted by Gasteiger charge is 2.14. The first-order valence-corrected chi connectivity index (χ1v) is 6.63. The molecular formula is C15H26N2. The Kier molecular flexibility index (Phi) is 6.23. The molecule has 1 aromatic rings. The summed E-state index contributed by atoms with van der Waals surface area (Å²) in [7, 11) is 2.19. The maximum atomic E-state index is 3.63. The second kappa shape index (κ2) is 7.46. The second-order valence-electron chi connectivity index (χ2n) is 4.95. The molecule has 0 fully saturated rings. The number of hydrogen-bond acceptors (Lipinski definition) is 2. The van der Waals surface area contributed by atoms with Crippen LogP contribution in [0.5, 0.6) is 0 Å². The van der Waals surface area contributed by atoms with E-state index in [4.69, 9.17) is 0 Å². The molecule has 1 rings (SSSR count). The summed E-state index contributed by atoms with van der Waals surface area (Å²) in [4.78, 5) is 2.39. The molecule has 1 aromatic carbocycles. The molecule has 0 saturated carbocycles. The van der Waals surface area contributed by atoms with Gasteiger partial charge in [0.2, 0.25) is 0 Å². The molecule has 96 valence electrons. The average molecular weight is 234 g/mol. The van der Waals surface area contributed by atoms with Crippen molar-refractivity contribution in [1.82, 2.24) is 10.2 Å². The molecule has 0 radical (unpaired) electrons. The van der Waals surface area contributed by atoms with Crippen LogP contribution in [0.2, 0.25) is 0 Å². The van der Waals surface area contributed by atoms with Gasteiger partial charge >= 0.3 is 0 Å². The Morgan fingerprint density at radius 3 is 2.35 bits per heavy atom. The Morgan fingerprint density at radius 2 is 1.82 bits per heavy atom. The first-order chi connectivity index (χ1) is 8.15. The van der Waals surface area contributed by atoms with Crippen LogP contribution in [0.3, 0.4) is 0 Å². The van der Waals surface area contributed by atoms with Gasteiger partial charge in [-0.15, -0.1) is 0 Å². The third-order valence-electron chi connectivity index (χ3n) is 3.19. The number of nitrogens with zero attached hydrogens (tertiary/aromatic N) is 1. The molecule has 0 saturated heterocycles. The van der Waals surface area contributed by atoms with Crippen molar-refractivity contribution in [2.45, 2.75) is 39.3 Å². The van der Waals surface area contributed by atoms with Gasteiger partial charge in [0.15, 0.2) is 0 Å². The standard InChI is InChI=1S/C15H26N2/c1-5-11-16-15(12-17(4)13(2)3)14-9-7-6-8-10-14/h6-10,13,15-16H,5,11-12H2,1-4H3. The highest BCUT2D eigenvalue weighted by Crippen LogP contribution is 2.14. The highest BCUT2D eigenvalue weighted by atomic mass is 15.1. The van der Waals surface area contributed by atoms with Crippen LogP contribution in [0.4, 0.5) is 0 Å². The maximum absolute atomic E-state index is 3.63. The lowest BCUT2D eigenvalue weighted by atomic mass is 10.1. The summed E-state index contributed by atoms with van der Waals surface area (Å²) in [5.74, 6) is 0. The first kappa shape index (κ1) is 14.2. The third kappa shape index (κ3) is 4.88. The highest BCUT2D eigenvalue weighted by molar-refractivity contribution is 5.19. The minimum Gasteiger partial charge on any atom is -0.309 e. The summed E-state index contributed by atoms with van der Waals surface area (Å²) in [5.41, 5.74) is 1.38. The minimum atomic E-state index is 0.434. The smallest absolute Gasteiger partial charge is 0.0449 e. The van der Waals surface area contributed by atoms with Gasteiger partial charge < -0.3 is 10.2 Å². The monoisotopic (exact) mass is 234 g/mol. The average Bonchev–Trinajstić information content (AvgIpc) is 2.35. The Hall–Kier alpha value is -0.860. The molecule has 1 atom stereocenters. The van der Waals surface area contributed by atoms with Gasteiger partial charge in [-0.25, -0.2) is 0 Å². The topological polar surface area (TPSA) is 15.3 Å². The summed E-state index contributed by atoms with van der Waals surface area (Å²) in [6, 6.07) is 11.7. The van der Waals surface area contributed by atoms with Crippen molar-refractivity contribution in [1.29, 1.82) is 0 Å². The van der Waals surface area contributed by atoms with Crippen molar-refractivity contribution in [3.8, 4) is 0 Å². The Morgan fingerprint density at radius 1 is 1.18 bits per heavy atom. The van der Waals surface area contributed by atoms with Crippen molar-refractivity contribution in [2.24, 2.45) is 0 Å². The SMILES string of the molecule is CCCNC(CN(C)C(C)C)c1ccccc1. The third-order valence-corrected chi connectivity index (χ3v) is 3.19. The molecule has 17 heavy (non-hydrogen) atoms. The van der Waals surface area contributed by atoms with Gasteiger partial charge in [0.25, 0.3) is 0 Å². The van der Waals surface area contributed by atoms with Crippen LogP contribution in [0, 0.1) is 0 Å². The van der Waals surface area contributed by atoms with Crippen molar-refractivity contribution >= 4 is 0 Å². The van der Waals surface area contributed by atoms with E-state index in [1.165, 1.54) is 12.0 Å². The van der Waals surface area contributed by atoms with E-state index >= 15 is 0 Å². The van der Waals surface area contributed by atoms with Gasteiger partial charge in [0.1, 0.15) is 0 Å². The molecule has 2 heteroatoms. The Balaban J connectivity index is 2.67. The number of nitrogens with one attached hydrogen (secondary N) is 1. The fourth-order valence-corrected chi connectivity index (χ4v) is 1.79. The van der Waals surface area contributed by atoms with E-state index in [9.17, 15) is 0 Å². The molecule has 0 aliphatic carbocycles. The molecule has 0 aliphatic heterocycles. The van der Waals surface area contributed by atoms with E-state index in [0.717, 1.165) is 13.1 Å². The largest absolute Gasteiger partial charge is 0.309 e. The Bertz CT molecular complexity index is 295. The first-order valence-electron chi connectivity index (χ1n) is 6.63. The van der Waals surface area contributed by atoms with Gasteiger partial charge in [-0.2, -0.15) is 0 Å². The normalized spacial score (nSPS) is 13.3. The molecule has 1 unspecified atom stereocenters. The van der Waals surface area contributed by atoms with Gasteiger partial charge in [-0.05, 0) is 39.4 Å². The number of rotatable bonds is 7. The zero-order valence-corrected chi connectivity index (χ0v) is 11.6. The lowest BCUT2D eigenvalue weighted by molar-refractivity contribution is 0.242. The van der Waals surface area contributed by atoms with Crippen LogP contribution < -0.4 is 5.32 Å². The fourth-order valence-electron chi connectivity index (χ4n) is 1.79. The predicted molar refractivity (Wildman–Crippen MR) is 75.2 cm³/mol. The molecule has 0 heterocycles. The van der Waals surface area contributed by atoms with Crippen LogP contribution in [0.25, 0.3) is 0 Å². The lowest BCUT2D eigenvalue weighted by Gasteiger charge is -2.28. The molecule has 0 amide bonds. The van der Waals surface area contributed by atoms with Crippen molar-refractivity contribution in [3.63, 3.8) is 0 Å². The zero-order chi connectivity index (χ0) is 12.7. The van der Waals surface area contributed by atoms with Crippen molar-refractivity contribution in [3.05, 3.63) is 35.9 Å². The summed E-state index contributed by atoms with van der Waals surface area (Å²) in [6.07, 6.45) is 1.18. The predicted octanol–water partition coefficient (Wildman–Crippen LogP) is 3.07. The quantitative estimate of drug-likeness (QED) is 0.780. The zero-order valence-electron chi connectivity index (χ0n) is 11.6. The van der Waals surface area contributed by atoms with E-state index in [-0.39, 0.29) is 0 Å². The van der Waals surface area contributed by atoms with Crippen LogP contribution in [0.15, 0.2) is 30.3 Å². The minimum absolute atomic E-state index is 0.434. The molecule has 1 N–H and O–H groups in total. The molecule has 0 aromatic heterocycles. The second-order valence-corrected chi connectivity index (χ2v) is 4.95. The van der Waals surface area contributed by atoms with E-state index < -0.39 is 0 Å². The molecule has 0 bridgehead atoms. The summed E-state index contributed by atoms with van der Waals surface area (Å²) < 4.78 is 0. The van der Waals surface area contributed by atoms with Crippen LogP contribution in [-0.4, -0.2) is 31.1 Å². The lowest BCUT2D eigenvalue weighted by Crippen LogP contribution is -2.36.